The van der Waals surface area contributed by atoms with Crippen molar-refractivity contribution in [3.05, 3.63) is 18.0 Å². The molecule has 2 nitrogen and oxygen atoms in total. The van der Waals surface area contributed by atoms with Gasteiger partial charge in [-0.3, -0.25) is 4.68 Å². The second kappa shape index (κ2) is 2.86. The standard InChI is InChI=1S/C11H18N2/c1-11(2,3)9-5-7-13-10(8-9)4-6-12-13/h4,6,9H,5,7-8H2,1-3H3. The fourth-order valence-electron chi connectivity index (χ4n) is 2.11. The lowest BCUT2D eigenvalue weighted by atomic mass is 9.75. The number of rotatable bonds is 0. The van der Waals surface area contributed by atoms with Crippen LogP contribution in [0.4, 0.5) is 0 Å². The topological polar surface area (TPSA) is 17.8 Å². The Kier molecular flexibility index (Phi) is 1.94. The quantitative estimate of drug-likeness (QED) is 0.597. The van der Waals surface area contributed by atoms with Crippen molar-refractivity contribution in [2.75, 3.05) is 0 Å². The fourth-order valence-corrected chi connectivity index (χ4v) is 2.11. The number of nitrogens with zero attached hydrogens (tertiary/aromatic N) is 2. The molecule has 2 heterocycles. The summed E-state index contributed by atoms with van der Waals surface area (Å²) in [6.07, 6.45) is 4.39. The molecule has 1 aromatic heterocycles. The van der Waals surface area contributed by atoms with Crippen LogP contribution in [0.5, 0.6) is 0 Å². The molecule has 0 amide bonds. The Morgan fingerprint density at radius 3 is 2.92 bits per heavy atom. The first-order chi connectivity index (χ1) is 6.07. The first kappa shape index (κ1) is 8.79. The van der Waals surface area contributed by atoms with E-state index in [-0.39, 0.29) is 0 Å². The molecule has 0 bridgehead atoms. The monoisotopic (exact) mass is 178 g/mol. The van der Waals surface area contributed by atoms with Crippen LogP contribution in [0, 0.1) is 11.3 Å². The van der Waals surface area contributed by atoms with Gasteiger partial charge in [-0.25, -0.2) is 0 Å². The zero-order valence-electron chi connectivity index (χ0n) is 8.75. The van der Waals surface area contributed by atoms with Gasteiger partial charge in [0.25, 0.3) is 0 Å². The summed E-state index contributed by atoms with van der Waals surface area (Å²) in [5.74, 6) is 0.816. The van der Waals surface area contributed by atoms with Gasteiger partial charge in [-0.05, 0) is 30.2 Å². The van der Waals surface area contributed by atoms with Gasteiger partial charge < -0.3 is 0 Å². The van der Waals surface area contributed by atoms with Gasteiger partial charge >= 0.3 is 0 Å². The van der Waals surface area contributed by atoms with Crippen LogP contribution in [0.1, 0.15) is 32.9 Å². The lowest BCUT2D eigenvalue weighted by Crippen LogP contribution is -2.29. The van der Waals surface area contributed by atoms with E-state index in [2.05, 4.69) is 36.6 Å². The smallest absolute Gasteiger partial charge is 0.0492 e. The van der Waals surface area contributed by atoms with Gasteiger partial charge in [0.2, 0.25) is 0 Å². The Labute approximate surface area is 80.0 Å². The van der Waals surface area contributed by atoms with E-state index >= 15 is 0 Å². The van der Waals surface area contributed by atoms with Crippen molar-refractivity contribution in [2.45, 2.75) is 40.2 Å². The highest BCUT2D eigenvalue weighted by Crippen LogP contribution is 2.34. The summed E-state index contributed by atoms with van der Waals surface area (Å²) in [6, 6.07) is 2.15. The molecule has 1 aromatic rings. The highest BCUT2D eigenvalue weighted by atomic mass is 15.3. The fraction of sp³-hybridized carbons (Fsp3) is 0.727. The summed E-state index contributed by atoms with van der Waals surface area (Å²) in [6.45, 7) is 8.11. The van der Waals surface area contributed by atoms with Crippen LogP contribution in [0.3, 0.4) is 0 Å². The van der Waals surface area contributed by atoms with Crippen LogP contribution in [0.2, 0.25) is 0 Å². The van der Waals surface area contributed by atoms with Gasteiger partial charge in [0, 0.05) is 18.4 Å². The molecule has 0 fully saturated rings. The maximum absolute atomic E-state index is 4.29. The molecule has 0 saturated heterocycles. The van der Waals surface area contributed by atoms with E-state index < -0.39 is 0 Å². The van der Waals surface area contributed by atoms with Crippen LogP contribution < -0.4 is 0 Å². The molecule has 0 saturated carbocycles. The number of aryl methyl sites for hydroxylation is 1. The molecule has 0 spiro atoms. The summed E-state index contributed by atoms with van der Waals surface area (Å²) >= 11 is 0. The SMILES string of the molecule is CC(C)(C)C1CCn2nccc2C1. The van der Waals surface area contributed by atoms with Crippen LogP contribution in [-0.4, -0.2) is 9.78 Å². The van der Waals surface area contributed by atoms with Crippen molar-refractivity contribution in [1.82, 2.24) is 9.78 Å². The summed E-state index contributed by atoms with van der Waals surface area (Å²) in [5, 5.41) is 4.29. The summed E-state index contributed by atoms with van der Waals surface area (Å²) in [7, 11) is 0. The third-order valence-corrected chi connectivity index (χ3v) is 3.17. The van der Waals surface area contributed by atoms with Crippen molar-refractivity contribution in [1.29, 1.82) is 0 Å². The van der Waals surface area contributed by atoms with Crippen molar-refractivity contribution in [2.24, 2.45) is 11.3 Å². The lowest BCUT2D eigenvalue weighted by molar-refractivity contribution is 0.191. The number of aromatic nitrogens is 2. The van der Waals surface area contributed by atoms with Crippen LogP contribution in [-0.2, 0) is 13.0 Å². The van der Waals surface area contributed by atoms with Gasteiger partial charge in [0.15, 0.2) is 0 Å². The zero-order valence-corrected chi connectivity index (χ0v) is 8.75. The molecule has 72 valence electrons. The molecule has 2 rings (SSSR count). The van der Waals surface area contributed by atoms with Gasteiger partial charge in [0.1, 0.15) is 0 Å². The molecule has 0 radical (unpaired) electrons. The van der Waals surface area contributed by atoms with E-state index in [4.69, 9.17) is 0 Å². The highest BCUT2D eigenvalue weighted by molar-refractivity contribution is 5.05. The van der Waals surface area contributed by atoms with E-state index in [1.807, 2.05) is 6.20 Å². The first-order valence-electron chi connectivity index (χ1n) is 5.08. The Balaban J connectivity index is 2.18. The molecule has 2 heteroatoms. The van der Waals surface area contributed by atoms with Crippen molar-refractivity contribution >= 4 is 0 Å². The summed E-state index contributed by atoms with van der Waals surface area (Å²) in [5.41, 5.74) is 1.85. The molecule has 1 unspecified atom stereocenters. The average molecular weight is 178 g/mol. The molecule has 1 aliphatic heterocycles. The lowest BCUT2D eigenvalue weighted by Gasteiger charge is -2.34. The van der Waals surface area contributed by atoms with E-state index in [1.54, 1.807) is 0 Å². The molecular formula is C11H18N2. The Morgan fingerprint density at radius 2 is 2.23 bits per heavy atom. The van der Waals surface area contributed by atoms with Crippen molar-refractivity contribution < 1.29 is 0 Å². The van der Waals surface area contributed by atoms with Gasteiger partial charge in [-0.2, -0.15) is 5.10 Å². The van der Waals surface area contributed by atoms with Gasteiger partial charge in [-0.15, -0.1) is 0 Å². The second-order valence-electron chi connectivity index (χ2n) is 5.10. The Bertz CT molecular complexity index is 293. The van der Waals surface area contributed by atoms with Crippen LogP contribution >= 0.6 is 0 Å². The van der Waals surface area contributed by atoms with Gasteiger partial charge in [-0.1, -0.05) is 20.8 Å². The first-order valence-corrected chi connectivity index (χ1v) is 5.08. The average Bonchev–Trinajstić information content (AvgIpc) is 2.47. The van der Waals surface area contributed by atoms with E-state index in [9.17, 15) is 0 Å². The number of fused-ring (bicyclic) bond motifs is 1. The normalized spacial score (nSPS) is 22.8. The summed E-state index contributed by atoms with van der Waals surface area (Å²) < 4.78 is 2.14. The van der Waals surface area contributed by atoms with Crippen molar-refractivity contribution in [3.63, 3.8) is 0 Å². The van der Waals surface area contributed by atoms with E-state index in [0.29, 0.717) is 5.41 Å². The van der Waals surface area contributed by atoms with E-state index in [1.165, 1.54) is 18.5 Å². The minimum absolute atomic E-state index is 0.440. The molecule has 1 atom stereocenters. The minimum atomic E-state index is 0.440. The third-order valence-electron chi connectivity index (χ3n) is 3.17. The van der Waals surface area contributed by atoms with Gasteiger partial charge in [0.05, 0.1) is 0 Å². The molecule has 0 aromatic carbocycles. The molecular weight excluding hydrogens is 160 g/mol. The molecule has 0 aliphatic carbocycles. The highest BCUT2D eigenvalue weighted by Gasteiger charge is 2.28. The Hall–Kier alpha value is -0.790. The maximum atomic E-state index is 4.29. The van der Waals surface area contributed by atoms with E-state index in [0.717, 1.165) is 12.5 Å². The largest absolute Gasteiger partial charge is 0.270 e. The molecule has 0 N–H and O–H groups in total. The second-order valence-corrected chi connectivity index (χ2v) is 5.10. The maximum Gasteiger partial charge on any atom is 0.0492 e. The Morgan fingerprint density at radius 1 is 1.46 bits per heavy atom. The summed E-state index contributed by atoms with van der Waals surface area (Å²) in [4.78, 5) is 0. The zero-order chi connectivity index (χ0) is 9.47. The van der Waals surface area contributed by atoms with Crippen LogP contribution in [0.25, 0.3) is 0 Å². The third kappa shape index (κ3) is 1.62. The van der Waals surface area contributed by atoms with Crippen LogP contribution in [0.15, 0.2) is 12.3 Å². The molecule has 13 heavy (non-hydrogen) atoms. The predicted octanol–water partition coefficient (Wildman–Crippen LogP) is 2.49. The molecule has 1 aliphatic rings. The minimum Gasteiger partial charge on any atom is -0.270 e. The number of hydrogen-bond acceptors (Lipinski definition) is 1. The van der Waals surface area contributed by atoms with Crippen molar-refractivity contribution in [3.8, 4) is 0 Å². The predicted molar refractivity (Wildman–Crippen MR) is 53.5 cm³/mol. The number of hydrogen-bond donors (Lipinski definition) is 0.